The zero-order valence-electron chi connectivity index (χ0n) is 9.30. The predicted molar refractivity (Wildman–Crippen MR) is 74.2 cm³/mol. The summed E-state index contributed by atoms with van der Waals surface area (Å²) in [6.07, 6.45) is 1.09. The summed E-state index contributed by atoms with van der Waals surface area (Å²) in [5.74, 6) is 5.72. The highest BCUT2D eigenvalue weighted by Gasteiger charge is 2.29. The standard InChI is InChI=1S/C13H14N2S2/c14-15-13(10-5-6-16-8-10)12-7-9-3-1-2-4-11(9)17-12/h1-6,8,12-13,15H,7,14H2. The summed E-state index contributed by atoms with van der Waals surface area (Å²) in [5.41, 5.74) is 5.70. The smallest absolute Gasteiger partial charge is 0.0593 e. The van der Waals surface area contributed by atoms with E-state index in [1.165, 1.54) is 16.0 Å². The number of hydrazine groups is 1. The lowest BCUT2D eigenvalue weighted by atomic mass is 10.0. The Bertz CT molecular complexity index is 471. The number of thiophene rings is 1. The van der Waals surface area contributed by atoms with Crippen LogP contribution in [0.15, 0.2) is 46.0 Å². The molecule has 2 heterocycles. The second kappa shape index (κ2) is 4.82. The molecule has 2 atom stereocenters. The molecule has 0 saturated heterocycles. The summed E-state index contributed by atoms with van der Waals surface area (Å²) in [5, 5.41) is 4.77. The van der Waals surface area contributed by atoms with Crippen LogP contribution in [-0.4, -0.2) is 5.25 Å². The quantitative estimate of drug-likeness (QED) is 0.660. The molecule has 1 aromatic carbocycles. The van der Waals surface area contributed by atoms with E-state index in [-0.39, 0.29) is 6.04 Å². The Morgan fingerprint density at radius 3 is 2.88 bits per heavy atom. The van der Waals surface area contributed by atoms with Crippen molar-refractivity contribution in [3.63, 3.8) is 0 Å². The molecule has 0 spiro atoms. The first kappa shape index (κ1) is 11.3. The van der Waals surface area contributed by atoms with Gasteiger partial charge >= 0.3 is 0 Å². The molecule has 0 radical (unpaired) electrons. The van der Waals surface area contributed by atoms with Gasteiger partial charge in [0.1, 0.15) is 0 Å². The van der Waals surface area contributed by atoms with Crippen LogP contribution in [0.5, 0.6) is 0 Å². The van der Waals surface area contributed by atoms with Gasteiger partial charge in [-0.05, 0) is 40.4 Å². The van der Waals surface area contributed by atoms with Gasteiger partial charge in [0.25, 0.3) is 0 Å². The molecule has 0 saturated carbocycles. The molecule has 0 aliphatic carbocycles. The van der Waals surface area contributed by atoms with E-state index in [0.29, 0.717) is 5.25 Å². The molecule has 2 nitrogen and oxygen atoms in total. The highest BCUT2D eigenvalue weighted by Crippen LogP contribution is 2.42. The fraction of sp³-hybridized carbons (Fsp3) is 0.231. The van der Waals surface area contributed by atoms with Gasteiger partial charge in [-0.15, -0.1) is 11.8 Å². The minimum absolute atomic E-state index is 0.235. The van der Waals surface area contributed by atoms with E-state index in [4.69, 9.17) is 5.84 Å². The first-order valence-electron chi connectivity index (χ1n) is 5.61. The fourth-order valence-electron chi connectivity index (χ4n) is 2.26. The lowest BCUT2D eigenvalue weighted by molar-refractivity contribution is 0.534. The zero-order chi connectivity index (χ0) is 11.7. The summed E-state index contributed by atoms with van der Waals surface area (Å²) in [7, 11) is 0. The number of nitrogens with one attached hydrogen (secondary N) is 1. The van der Waals surface area contributed by atoms with Gasteiger partial charge in [0.15, 0.2) is 0 Å². The highest BCUT2D eigenvalue weighted by atomic mass is 32.2. The molecule has 17 heavy (non-hydrogen) atoms. The summed E-state index contributed by atoms with van der Waals surface area (Å²) >= 11 is 3.65. The van der Waals surface area contributed by atoms with Gasteiger partial charge < -0.3 is 0 Å². The summed E-state index contributed by atoms with van der Waals surface area (Å²) in [6, 6.07) is 11.0. The van der Waals surface area contributed by atoms with Crippen LogP contribution in [0.2, 0.25) is 0 Å². The largest absolute Gasteiger partial charge is 0.271 e. The van der Waals surface area contributed by atoms with E-state index in [2.05, 4.69) is 46.5 Å². The molecule has 0 fully saturated rings. The Morgan fingerprint density at radius 1 is 1.29 bits per heavy atom. The van der Waals surface area contributed by atoms with Gasteiger partial charge in [-0.2, -0.15) is 11.3 Å². The average Bonchev–Trinajstić information content (AvgIpc) is 2.98. The van der Waals surface area contributed by atoms with Gasteiger partial charge in [-0.25, -0.2) is 0 Å². The van der Waals surface area contributed by atoms with Crippen LogP contribution in [0.1, 0.15) is 17.2 Å². The van der Waals surface area contributed by atoms with Crippen LogP contribution < -0.4 is 11.3 Å². The third-order valence-electron chi connectivity index (χ3n) is 3.13. The number of hydrogen-bond acceptors (Lipinski definition) is 4. The summed E-state index contributed by atoms with van der Waals surface area (Å²) in [6.45, 7) is 0. The highest BCUT2D eigenvalue weighted by molar-refractivity contribution is 8.00. The predicted octanol–water partition coefficient (Wildman–Crippen LogP) is 2.97. The second-order valence-electron chi connectivity index (χ2n) is 4.17. The molecule has 2 aromatic rings. The van der Waals surface area contributed by atoms with E-state index < -0.39 is 0 Å². The zero-order valence-corrected chi connectivity index (χ0v) is 10.9. The Kier molecular flexibility index (Phi) is 3.20. The molecule has 3 N–H and O–H groups in total. The van der Waals surface area contributed by atoms with Crippen molar-refractivity contribution in [2.24, 2.45) is 5.84 Å². The van der Waals surface area contributed by atoms with Gasteiger partial charge in [0, 0.05) is 10.1 Å². The minimum atomic E-state index is 0.235. The normalized spacial score (nSPS) is 20.2. The van der Waals surface area contributed by atoms with Crippen molar-refractivity contribution in [1.29, 1.82) is 0 Å². The SMILES string of the molecule is NNC(c1ccsc1)C1Cc2ccccc2S1. The van der Waals surface area contributed by atoms with E-state index in [0.717, 1.165) is 6.42 Å². The maximum atomic E-state index is 5.72. The van der Waals surface area contributed by atoms with Gasteiger partial charge in [-0.1, -0.05) is 18.2 Å². The molecular formula is C13H14N2S2. The van der Waals surface area contributed by atoms with E-state index >= 15 is 0 Å². The first-order valence-corrected chi connectivity index (χ1v) is 7.43. The molecule has 2 unspecified atom stereocenters. The van der Waals surface area contributed by atoms with Crippen molar-refractivity contribution in [2.75, 3.05) is 0 Å². The van der Waals surface area contributed by atoms with Crippen molar-refractivity contribution in [3.05, 3.63) is 52.2 Å². The molecule has 88 valence electrons. The topological polar surface area (TPSA) is 38.0 Å². The van der Waals surface area contributed by atoms with Crippen LogP contribution in [0, 0.1) is 0 Å². The van der Waals surface area contributed by atoms with E-state index in [1.54, 1.807) is 11.3 Å². The third kappa shape index (κ3) is 2.13. The van der Waals surface area contributed by atoms with Crippen LogP contribution in [0.3, 0.4) is 0 Å². The summed E-state index contributed by atoms with van der Waals surface area (Å²) < 4.78 is 0. The lowest BCUT2D eigenvalue weighted by Crippen LogP contribution is -2.34. The number of nitrogens with two attached hydrogens (primary N) is 1. The maximum Gasteiger partial charge on any atom is 0.0593 e. The Labute approximate surface area is 109 Å². The Hall–Kier alpha value is -0.810. The lowest BCUT2D eigenvalue weighted by Gasteiger charge is -2.20. The molecule has 4 heteroatoms. The van der Waals surface area contributed by atoms with E-state index in [1.807, 2.05) is 11.8 Å². The van der Waals surface area contributed by atoms with Crippen LogP contribution in [0.25, 0.3) is 0 Å². The molecule has 0 amide bonds. The third-order valence-corrected chi connectivity index (χ3v) is 5.22. The fourth-order valence-corrected chi connectivity index (χ4v) is 4.38. The van der Waals surface area contributed by atoms with Crippen molar-refractivity contribution in [3.8, 4) is 0 Å². The van der Waals surface area contributed by atoms with Gasteiger partial charge in [0.2, 0.25) is 0 Å². The molecule has 1 aliphatic rings. The average molecular weight is 262 g/mol. The van der Waals surface area contributed by atoms with Crippen molar-refractivity contribution in [2.45, 2.75) is 22.6 Å². The van der Waals surface area contributed by atoms with Crippen LogP contribution in [-0.2, 0) is 6.42 Å². The number of benzene rings is 1. The van der Waals surface area contributed by atoms with Crippen molar-refractivity contribution < 1.29 is 0 Å². The number of thioether (sulfide) groups is 1. The Morgan fingerprint density at radius 2 is 2.18 bits per heavy atom. The maximum absolute atomic E-state index is 5.72. The molecule has 1 aliphatic heterocycles. The van der Waals surface area contributed by atoms with E-state index in [9.17, 15) is 0 Å². The Balaban J connectivity index is 1.83. The van der Waals surface area contributed by atoms with Gasteiger partial charge in [0.05, 0.1) is 6.04 Å². The second-order valence-corrected chi connectivity index (χ2v) is 6.23. The van der Waals surface area contributed by atoms with Crippen LogP contribution >= 0.6 is 23.1 Å². The molecule has 0 bridgehead atoms. The van der Waals surface area contributed by atoms with Crippen molar-refractivity contribution in [1.82, 2.24) is 5.43 Å². The monoisotopic (exact) mass is 262 g/mol. The van der Waals surface area contributed by atoms with Crippen LogP contribution in [0.4, 0.5) is 0 Å². The molecular weight excluding hydrogens is 248 g/mol. The summed E-state index contributed by atoms with van der Waals surface area (Å²) in [4.78, 5) is 1.40. The molecule has 1 aromatic heterocycles. The molecule has 3 rings (SSSR count). The number of rotatable bonds is 3. The number of hydrogen-bond donors (Lipinski definition) is 2. The first-order chi connectivity index (χ1) is 8.38. The van der Waals surface area contributed by atoms with Crippen molar-refractivity contribution >= 4 is 23.1 Å². The van der Waals surface area contributed by atoms with Gasteiger partial charge in [-0.3, -0.25) is 11.3 Å². The minimum Gasteiger partial charge on any atom is -0.271 e. The number of fused-ring (bicyclic) bond motifs is 1.